The molecule has 80 valence electrons. The van der Waals surface area contributed by atoms with E-state index in [4.69, 9.17) is 15.7 Å². The van der Waals surface area contributed by atoms with Gasteiger partial charge >= 0.3 is 33.0 Å². The minimum Gasteiger partial charge on any atom is -0.693 e. The zero-order chi connectivity index (χ0) is 11.4. The van der Waals surface area contributed by atoms with Crippen molar-refractivity contribution >= 4 is 11.9 Å². The van der Waals surface area contributed by atoms with E-state index in [0.29, 0.717) is 0 Å². The van der Waals surface area contributed by atoms with Crippen molar-refractivity contribution < 1.29 is 46.4 Å². The van der Waals surface area contributed by atoms with Crippen molar-refractivity contribution in [3.8, 4) is 0 Å². The van der Waals surface area contributed by atoms with Crippen molar-refractivity contribution in [2.24, 2.45) is 5.41 Å². The first-order chi connectivity index (χ1) is 6.09. The summed E-state index contributed by atoms with van der Waals surface area (Å²) < 4.78 is 28.6. The third-order valence-electron chi connectivity index (χ3n) is 1.35. The molecule has 1 aliphatic carbocycles. The Kier molecular flexibility index (Phi) is 4.26. The zero-order valence-corrected chi connectivity index (χ0v) is 8.66. The second-order valence-corrected chi connectivity index (χ2v) is 1.89. The van der Waals surface area contributed by atoms with Gasteiger partial charge in [0.15, 0.2) is 5.41 Å². The molecule has 0 aromatic rings. The van der Waals surface area contributed by atoms with Gasteiger partial charge in [-0.2, -0.15) is 0 Å². The molecule has 0 saturated heterocycles. The first-order valence-corrected chi connectivity index (χ1v) is 2.56. The van der Waals surface area contributed by atoms with Gasteiger partial charge in [-0.05, 0) is 19.2 Å². The van der Waals surface area contributed by atoms with Crippen LogP contribution in [0.3, 0.4) is 0 Å². The molecule has 0 bridgehead atoms. The van der Waals surface area contributed by atoms with E-state index in [1.807, 2.05) is 0 Å². The van der Waals surface area contributed by atoms with Crippen LogP contribution in [0.25, 0.3) is 12.3 Å². The zero-order valence-electron chi connectivity index (χ0n) is 10.4. The van der Waals surface area contributed by atoms with Gasteiger partial charge in [-0.15, -0.1) is 0 Å². The monoisotopic (exact) mass is 375 g/mol. The van der Waals surface area contributed by atoms with Crippen LogP contribution in [0.1, 0.15) is 24.6 Å². The van der Waals surface area contributed by atoms with E-state index in [0.717, 1.165) is 0 Å². The van der Waals surface area contributed by atoms with Crippen molar-refractivity contribution in [2.45, 2.75) is 19.2 Å². The fraction of sp³-hybridized carbons (Fsp3) is 0.667. The van der Waals surface area contributed by atoms with Crippen molar-refractivity contribution in [1.82, 2.24) is 0 Å². The Bertz CT molecular complexity index is 295. The molecule has 7 heteroatoms. The van der Waals surface area contributed by atoms with Crippen LogP contribution in [0.5, 0.6) is 0 Å². The molecule has 1 aliphatic rings. The summed E-state index contributed by atoms with van der Waals surface area (Å²) in [6, 6.07) is 0. The molecule has 13 heavy (non-hydrogen) atoms. The average Bonchev–Trinajstić information content (AvgIpc) is 1.77. The molecule has 0 aromatic carbocycles. The minimum absolute atomic E-state index is 0. The van der Waals surface area contributed by atoms with Gasteiger partial charge in [0, 0.05) is 5.48 Å². The summed E-state index contributed by atoms with van der Waals surface area (Å²) in [6.07, 6.45) is -5.85. The van der Waals surface area contributed by atoms with Gasteiger partial charge in [0.05, 0.1) is 0 Å². The number of aliphatic carboxylic acids is 2. The van der Waals surface area contributed by atoms with Gasteiger partial charge in [0.1, 0.15) is 0 Å². The Morgan fingerprint density at radius 3 is 1.54 bits per heavy atom. The molecule has 0 spiro atoms. The topological polar surface area (TPSA) is 142 Å². The summed E-state index contributed by atoms with van der Waals surface area (Å²) in [5, 5.41) is 17.3. The largest absolute Gasteiger partial charge is 2.00 e. The van der Waals surface area contributed by atoms with Crippen molar-refractivity contribution in [3.63, 3.8) is 0 Å². The molecular formula is C6H12N2O4Pt. The Labute approximate surface area is 95.7 Å². The van der Waals surface area contributed by atoms with E-state index in [2.05, 4.69) is 0 Å². The first-order valence-electron chi connectivity index (χ1n) is 4.56. The Hall–Kier alpha value is -0.452. The van der Waals surface area contributed by atoms with Crippen molar-refractivity contribution in [1.29, 1.82) is 0 Å². The van der Waals surface area contributed by atoms with Crippen LogP contribution in [-0.4, -0.2) is 22.2 Å². The van der Waals surface area contributed by atoms with Crippen LogP contribution >= 0.6 is 0 Å². The number of carboxylic acid groups (broad SMARTS) is 2. The van der Waals surface area contributed by atoms with Crippen LogP contribution in [0, 0.1) is 5.41 Å². The fourth-order valence-corrected chi connectivity index (χ4v) is 0.659. The standard InChI is InChI=1S/C6H8O4.2H2N.Pt/c7-4(8)6(5(9)10)2-1-3-6;;;/h1-3H2,(H,7,8)(H,9,10);2*1H2;/q;2*-1;+2/i2D2,3D2;;;. The molecule has 0 amide bonds. The van der Waals surface area contributed by atoms with Crippen LogP contribution in [0.4, 0.5) is 0 Å². The second kappa shape index (κ2) is 6.07. The smallest absolute Gasteiger partial charge is 0.693 e. The summed E-state index contributed by atoms with van der Waals surface area (Å²) >= 11 is 0. The molecule has 0 radical (unpaired) electrons. The maximum absolute atomic E-state index is 10.7. The predicted octanol–water partition coefficient (Wildman–Crippen LogP) is 1.76. The molecule has 0 unspecified atom stereocenters. The van der Waals surface area contributed by atoms with Crippen LogP contribution in [0.2, 0.25) is 0 Å². The van der Waals surface area contributed by atoms with Gasteiger partial charge in [-0.3, -0.25) is 9.59 Å². The predicted molar refractivity (Wildman–Crippen MR) is 42.1 cm³/mol. The summed E-state index contributed by atoms with van der Waals surface area (Å²) in [7, 11) is 0. The second-order valence-electron chi connectivity index (χ2n) is 1.89. The molecule has 0 atom stereocenters. The van der Waals surface area contributed by atoms with Gasteiger partial charge in [0.2, 0.25) is 0 Å². The van der Waals surface area contributed by atoms with Gasteiger partial charge in [-0.25, -0.2) is 0 Å². The van der Waals surface area contributed by atoms with E-state index in [1.165, 1.54) is 0 Å². The van der Waals surface area contributed by atoms with E-state index >= 15 is 0 Å². The molecule has 1 fully saturated rings. The maximum Gasteiger partial charge on any atom is 2.00 e. The molecule has 0 aromatic heterocycles. The summed E-state index contributed by atoms with van der Waals surface area (Å²) in [4.78, 5) is 21.4. The molecule has 0 heterocycles. The molecule has 1 saturated carbocycles. The van der Waals surface area contributed by atoms with E-state index in [1.54, 1.807) is 0 Å². The van der Waals surface area contributed by atoms with E-state index in [9.17, 15) is 9.59 Å². The first kappa shape index (κ1) is 9.12. The van der Waals surface area contributed by atoms with E-state index in [-0.39, 0.29) is 33.4 Å². The normalized spacial score (nSPS) is 28.6. The number of rotatable bonds is 2. The SMILES string of the molecule is [2H]C1([2H])CC([2H])([2H])C1(C(=O)O)C(=O)O.[NH2-].[NH2-].[Pt+2]. The minimum atomic E-state index is -2.99. The molecular weight excluding hydrogens is 359 g/mol. The molecule has 6 nitrogen and oxygen atoms in total. The summed E-state index contributed by atoms with van der Waals surface area (Å²) in [6.45, 7) is 0. The summed E-state index contributed by atoms with van der Waals surface area (Å²) in [5.74, 6) is -3.96. The third-order valence-corrected chi connectivity index (χ3v) is 1.35. The molecule has 1 rings (SSSR count). The van der Waals surface area contributed by atoms with Gasteiger partial charge in [-0.1, -0.05) is 0 Å². The number of hydrogen-bond donors (Lipinski definition) is 2. The number of hydrogen-bond acceptors (Lipinski definition) is 2. The molecule has 6 N–H and O–H groups in total. The average molecular weight is 375 g/mol. The van der Waals surface area contributed by atoms with Crippen molar-refractivity contribution in [2.75, 3.05) is 0 Å². The van der Waals surface area contributed by atoms with Crippen molar-refractivity contribution in [3.05, 3.63) is 12.3 Å². The fourth-order valence-electron chi connectivity index (χ4n) is 0.659. The van der Waals surface area contributed by atoms with Gasteiger partial charge in [0.25, 0.3) is 0 Å². The van der Waals surface area contributed by atoms with Crippen LogP contribution in [0.15, 0.2) is 0 Å². The van der Waals surface area contributed by atoms with Gasteiger partial charge < -0.3 is 22.5 Å². The quantitative estimate of drug-likeness (QED) is 0.709. The van der Waals surface area contributed by atoms with E-state index < -0.39 is 36.5 Å². The number of nitrogens with two attached hydrogens (primary N) is 2. The number of carbonyl (C=O) groups is 2. The van der Waals surface area contributed by atoms with Crippen LogP contribution < -0.4 is 0 Å². The Morgan fingerprint density at radius 1 is 1.15 bits per heavy atom. The maximum atomic E-state index is 10.7. The third kappa shape index (κ3) is 2.76. The molecule has 0 aliphatic heterocycles. The number of carboxylic acids is 2. The Balaban J connectivity index is -0.000000653. The Morgan fingerprint density at radius 2 is 1.46 bits per heavy atom. The van der Waals surface area contributed by atoms with Crippen LogP contribution in [-0.2, 0) is 30.7 Å². The summed E-state index contributed by atoms with van der Waals surface area (Å²) in [5.41, 5.74) is -2.99.